The van der Waals surface area contributed by atoms with Crippen LogP contribution >= 0.6 is 0 Å². The van der Waals surface area contributed by atoms with Crippen molar-refractivity contribution in [2.75, 3.05) is 18.1 Å². The lowest BCUT2D eigenvalue weighted by Crippen LogP contribution is -2.32. The van der Waals surface area contributed by atoms with E-state index in [-0.39, 0.29) is 30.0 Å². The molecule has 0 spiro atoms. The molecule has 0 radical (unpaired) electrons. The molecule has 1 fully saturated rings. The minimum Gasteiger partial charge on any atom is -0.349 e. The Bertz CT molecular complexity index is 593. The topological polar surface area (TPSA) is 46.6 Å². The molecule has 0 saturated carbocycles. The standard InChI is InChI=1S/C13H12F4NO3S/c1-7-4-9(14)10(18-2-3-21-11(18)6-19)5-8(7)12(22-20)13(15,16)17/h4-6,11-12H,2-3H2,1H3/q+1. The first-order chi connectivity index (χ1) is 10.3. The maximum atomic E-state index is 14.1. The molecular formula is C13H12F4NO3S+. The van der Waals surface area contributed by atoms with Crippen LogP contribution in [0.2, 0.25) is 0 Å². The van der Waals surface area contributed by atoms with Gasteiger partial charge in [-0.15, -0.1) is 0 Å². The van der Waals surface area contributed by atoms with Gasteiger partial charge in [0.2, 0.25) is 0 Å². The third kappa shape index (κ3) is 3.09. The fourth-order valence-corrected chi connectivity index (χ4v) is 2.79. The molecule has 22 heavy (non-hydrogen) atoms. The van der Waals surface area contributed by atoms with Gasteiger partial charge in [0.15, 0.2) is 12.5 Å². The van der Waals surface area contributed by atoms with Crippen molar-refractivity contribution in [2.45, 2.75) is 24.6 Å². The van der Waals surface area contributed by atoms with Crippen molar-refractivity contribution in [3.8, 4) is 0 Å². The number of halogens is 4. The van der Waals surface area contributed by atoms with Crippen LogP contribution in [0.4, 0.5) is 23.2 Å². The molecule has 4 nitrogen and oxygen atoms in total. The fraction of sp³-hybridized carbons (Fsp3) is 0.462. The Kier molecular flexibility index (Phi) is 4.76. The highest BCUT2D eigenvalue weighted by Crippen LogP contribution is 2.39. The summed E-state index contributed by atoms with van der Waals surface area (Å²) in [6.07, 6.45) is -5.36. The Morgan fingerprint density at radius 1 is 1.45 bits per heavy atom. The number of carbonyl (C=O) groups excluding carboxylic acids is 1. The molecule has 1 aliphatic rings. The molecule has 1 aromatic carbocycles. The first-order valence-electron chi connectivity index (χ1n) is 6.28. The number of rotatable bonds is 4. The van der Waals surface area contributed by atoms with Crippen LogP contribution in [0.5, 0.6) is 0 Å². The van der Waals surface area contributed by atoms with Gasteiger partial charge in [0.1, 0.15) is 5.82 Å². The number of carbonyl (C=O) groups is 1. The highest BCUT2D eigenvalue weighted by Gasteiger charge is 2.53. The van der Waals surface area contributed by atoms with Crippen molar-refractivity contribution in [3.05, 3.63) is 29.1 Å². The van der Waals surface area contributed by atoms with Gasteiger partial charge in [-0.25, -0.2) is 4.39 Å². The quantitative estimate of drug-likeness (QED) is 0.481. The summed E-state index contributed by atoms with van der Waals surface area (Å²) in [5.41, 5.74) is -0.478. The highest BCUT2D eigenvalue weighted by atomic mass is 32.1. The maximum Gasteiger partial charge on any atom is 0.477 e. The highest BCUT2D eigenvalue weighted by molar-refractivity contribution is 7.66. The largest absolute Gasteiger partial charge is 0.477 e. The van der Waals surface area contributed by atoms with Crippen LogP contribution in [0.3, 0.4) is 0 Å². The second-order valence-electron chi connectivity index (χ2n) is 4.77. The number of ether oxygens (including phenoxy) is 1. The molecule has 1 saturated heterocycles. The third-order valence-corrected chi connectivity index (χ3v) is 4.08. The zero-order chi connectivity index (χ0) is 16.5. The number of hydrogen-bond donors (Lipinski definition) is 0. The van der Waals surface area contributed by atoms with Crippen LogP contribution in [0, 0.1) is 12.7 Å². The number of aldehydes is 1. The summed E-state index contributed by atoms with van der Waals surface area (Å²) in [5.74, 6) is -0.768. The number of nitrogens with zero attached hydrogens (tertiary/aromatic N) is 1. The summed E-state index contributed by atoms with van der Waals surface area (Å²) in [4.78, 5) is 12.1. The zero-order valence-corrected chi connectivity index (χ0v) is 12.2. The van der Waals surface area contributed by atoms with Gasteiger partial charge >= 0.3 is 23.1 Å². The number of hydrogen-bond acceptors (Lipinski definition) is 4. The smallest absolute Gasteiger partial charge is 0.349 e. The lowest BCUT2D eigenvalue weighted by Gasteiger charge is -2.23. The van der Waals surface area contributed by atoms with Gasteiger partial charge in [-0.05, 0) is 24.6 Å². The van der Waals surface area contributed by atoms with Crippen molar-refractivity contribution in [1.29, 1.82) is 0 Å². The average molecular weight is 338 g/mol. The predicted molar refractivity (Wildman–Crippen MR) is 71.1 cm³/mol. The molecule has 2 rings (SSSR count). The molecule has 0 amide bonds. The number of anilines is 1. The van der Waals surface area contributed by atoms with Gasteiger partial charge in [-0.3, -0.25) is 4.79 Å². The second kappa shape index (κ2) is 6.25. The van der Waals surface area contributed by atoms with Gasteiger partial charge in [-0.1, -0.05) is 0 Å². The normalized spacial score (nSPS) is 20.0. The predicted octanol–water partition coefficient (Wildman–Crippen LogP) is 2.53. The first kappa shape index (κ1) is 16.8. The van der Waals surface area contributed by atoms with Crippen LogP contribution in [-0.2, 0) is 25.4 Å². The molecule has 1 aliphatic heterocycles. The monoisotopic (exact) mass is 338 g/mol. The van der Waals surface area contributed by atoms with E-state index < -0.39 is 35.1 Å². The van der Waals surface area contributed by atoms with Crippen molar-refractivity contribution in [1.82, 2.24) is 0 Å². The van der Waals surface area contributed by atoms with E-state index >= 15 is 0 Å². The molecule has 2 unspecified atom stereocenters. The van der Waals surface area contributed by atoms with Gasteiger partial charge in [0.05, 0.1) is 12.3 Å². The molecule has 0 N–H and O–H groups in total. The number of benzene rings is 1. The van der Waals surface area contributed by atoms with Gasteiger partial charge in [0, 0.05) is 16.3 Å². The molecule has 0 aliphatic carbocycles. The summed E-state index contributed by atoms with van der Waals surface area (Å²) in [6, 6.07) is 1.90. The maximum absolute atomic E-state index is 14.1. The molecule has 0 bridgehead atoms. The van der Waals surface area contributed by atoms with E-state index in [4.69, 9.17) is 4.74 Å². The molecule has 2 atom stereocenters. The Labute approximate surface area is 127 Å². The number of aryl methyl sites for hydroxylation is 1. The lowest BCUT2D eigenvalue weighted by atomic mass is 10.0. The third-order valence-electron chi connectivity index (χ3n) is 3.37. The molecule has 1 heterocycles. The van der Waals surface area contributed by atoms with Crippen molar-refractivity contribution >= 4 is 23.6 Å². The van der Waals surface area contributed by atoms with E-state index in [2.05, 4.69) is 0 Å². The summed E-state index contributed by atoms with van der Waals surface area (Å²) < 4.78 is 68.8. The molecule has 0 aromatic heterocycles. The van der Waals surface area contributed by atoms with Crippen LogP contribution < -0.4 is 4.90 Å². The Hall–Kier alpha value is -1.61. The Morgan fingerprint density at radius 3 is 2.68 bits per heavy atom. The van der Waals surface area contributed by atoms with E-state index in [0.717, 1.165) is 12.1 Å². The average Bonchev–Trinajstić information content (AvgIpc) is 2.88. The van der Waals surface area contributed by atoms with Crippen molar-refractivity contribution < 1.29 is 31.3 Å². The summed E-state index contributed by atoms with van der Waals surface area (Å²) >= 11 is -0.609. The van der Waals surface area contributed by atoms with Crippen LogP contribution in [-0.4, -0.2) is 31.8 Å². The van der Waals surface area contributed by atoms with Gasteiger partial charge < -0.3 is 9.64 Å². The minimum atomic E-state index is -4.75. The van der Waals surface area contributed by atoms with Crippen LogP contribution in [0.15, 0.2) is 12.1 Å². The summed E-state index contributed by atoms with van der Waals surface area (Å²) in [6.45, 7) is 1.63. The fourth-order valence-electron chi connectivity index (χ4n) is 2.32. The summed E-state index contributed by atoms with van der Waals surface area (Å²) in [5, 5.41) is -2.30. The summed E-state index contributed by atoms with van der Waals surface area (Å²) in [7, 11) is 0. The molecular weight excluding hydrogens is 326 g/mol. The first-order valence-corrected chi connectivity index (χ1v) is 7.09. The SMILES string of the molecule is Cc1cc(F)c(N2CCOC2C=O)cc1C([S+]=O)C(F)(F)F. The number of alkyl halides is 3. The van der Waals surface area contributed by atoms with Gasteiger partial charge in [0.25, 0.3) is 0 Å². The molecule has 1 aromatic rings. The minimum absolute atomic E-state index is 0.0229. The van der Waals surface area contributed by atoms with E-state index in [1.54, 1.807) is 0 Å². The van der Waals surface area contributed by atoms with Crippen LogP contribution in [0.1, 0.15) is 16.4 Å². The van der Waals surface area contributed by atoms with E-state index in [0.29, 0.717) is 6.29 Å². The molecule has 9 heteroatoms. The molecule has 120 valence electrons. The van der Waals surface area contributed by atoms with E-state index in [1.807, 2.05) is 0 Å². The zero-order valence-electron chi connectivity index (χ0n) is 11.4. The van der Waals surface area contributed by atoms with E-state index in [9.17, 15) is 26.6 Å². The Balaban J connectivity index is 2.51. The Morgan fingerprint density at radius 2 is 2.14 bits per heavy atom. The van der Waals surface area contributed by atoms with Gasteiger partial charge in [-0.2, -0.15) is 13.2 Å². The second-order valence-corrected chi connectivity index (χ2v) is 5.43. The van der Waals surface area contributed by atoms with Crippen LogP contribution in [0.25, 0.3) is 0 Å². The van der Waals surface area contributed by atoms with Crippen molar-refractivity contribution in [2.24, 2.45) is 0 Å². The van der Waals surface area contributed by atoms with E-state index in [1.165, 1.54) is 11.8 Å². The van der Waals surface area contributed by atoms with Crippen molar-refractivity contribution in [3.63, 3.8) is 0 Å². The lowest BCUT2D eigenvalue weighted by molar-refractivity contribution is -0.130.